The fourth-order valence-corrected chi connectivity index (χ4v) is 4.45. The van der Waals surface area contributed by atoms with Gasteiger partial charge in [0, 0.05) is 25.2 Å². The predicted octanol–water partition coefficient (Wildman–Crippen LogP) is 2.10. The molecule has 2 saturated heterocycles. The molecule has 3 heteroatoms. The van der Waals surface area contributed by atoms with Crippen LogP contribution in [-0.4, -0.2) is 59.8 Å². The van der Waals surface area contributed by atoms with Crippen molar-refractivity contribution in [1.29, 1.82) is 0 Å². The summed E-state index contributed by atoms with van der Waals surface area (Å²) in [4.78, 5) is 5.27. The van der Waals surface area contributed by atoms with Gasteiger partial charge in [-0.15, -0.1) is 0 Å². The molecule has 1 saturated carbocycles. The quantitative estimate of drug-likeness (QED) is 0.775. The molecule has 3 aliphatic rings. The zero-order chi connectivity index (χ0) is 13.2. The van der Waals surface area contributed by atoms with E-state index in [-0.39, 0.29) is 6.10 Å². The molecule has 2 bridgehead atoms. The average Bonchev–Trinajstić information content (AvgIpc) is 2.52. The first-order valence-corrected chi connectivity index (χ1v) is 8.36. The van der Waals surface area contributed by atoms with Gasteiger partial charge < -0.3 is 10.0 Å². The number of hydrogen-bond acceptors (Lipinski definition) is 3. The van der Waals surface area contributed by atoms with E-state index in [2.05, 4.69) is 16.8 Å². The van der Waals surface area contributed by atoms with Gasteiger partial charge in [-0.2, -0.15) is 0 Å². The number of nitrogens with zero attached hydrogens (tertiary/aromatic N) is 2. The van der Waals surface area contributed by atoms with Crippen LogP contribution in [0.1, 0.15) is 51.4 Å². The Morgan fingerprint density at radius 1 is 0.947 bits per heavy atom. The van der Waals surface area contributed by atoms with E-state index < -0.39 is 0 Å². The average molecular weight is 266 g/mol. The largest absolute Gasteiger partial charge is 0.393 e. The molecule has 110 valence electrons. The third-order valence-electron chi connectivity index (χ3n) is 5.84. The van der Waals surface area contributed by atoms with E-state index in [4.69, 9.17) is 0 Å². The molecule has 2 heterocycles. The van der Waals surface area contributed by atoms with Crippen LogP contribution < -0.4 is 0 Å². The van der Waals surface area contributed by atoms with Crippen LogP contribution >= 0.6 is 0 Å². The summed E-state index contributed by atoms with van der Waals surface area (Å²) in [6.07, 6.45) is 10.2. The fourth-order valence-electron chi connectivity index (χ4n) is 4.45. The summed E-state index contributed by atoms with van der Waals surface area (Å²) >= 11 is 0. The molecule has 3 rings (SSSR count). The van der Waals surface area contributed by atoms with E-state index in [9.17, 15) is 5.11 Å². The number of likely N-dealkylation sites (tertiary alicyclic amines) is 1. The summed E-state index contributed by atoms with van der Waals surface area (Å²) in [7, 11) is 2.31. The first-order chi connectivity index (χ1) is 9.24. The molecule has 0 amide bonds. The number of hydrogen-bond donors (Lipinski definition) is 1. The molecule has 3 nitrogen and oxygen atoms in total. The highest BCUT2D eigenvalue weighted by atomic mass is 16.3. The van der Waals surface area contributed by atoms with E-state index in [1.54, 1.807) is 0 Å². The van der Waals surface area contributed by atoms with Crippen molar-refractivity contribution in [2.24, 2.45) is 5.92 Å². The van der Waals surface area contributed by atoms with Gasteiger partial charge in [-0.05, 0) is 51.6 Å². The highest BCUT2D eigenvalue weighted by Gasteiger charge is 2.35. The number of aliphatic hydroxyl groups excluding tert-OH is 1. The first-order valence-electron chi connectivity index (χ1n) is 8.36. The van der Waals surface area contributed by atoms with Gasteiger partial charge in [0.1, 0.15) is 0 Å². The minimum atomic E-state index is -0.0410. The molecule has 3 fully saturated rings. The van der Waals surface area contributed by atoms with Crippen LogP contribution in [0.25, 0.3) is 0 Å². The summed E-state index contributed by atoms with van der Waals surface area (Å²) in [5.41, 5.74) is 0. The van der Waals surface area contributed by atoms with Crippen LogP contribution in [0, 0.1) is 5.92 Å². The van der Waals surface area contributed by atoms with Crippen molar-refractivity contribution in [1.82, 2.24) is 9.80 Å². The number of likely N-dealkylation sites (N-methyl/N-ethyl adjacent to an activating group) is 1. The molecule has 2 aliphatic heterocycles. The Labute approximate surface area is 118 Å². The van der Waals surface area contributed by atoms with Gasteiger partial charge in [-0.25, -0.2) is 0 Å². The Balaban J connectivity index is 1.57. The van der Waals surface area contributed by atoms with Crippen molar-refractivity contribution in [2.45, 2.75) is 69.6 Å². The normalized spacial score (nSPS) is 42.0. The minimum Gasteiger partial charge on any atom is -0.393 e. The lowest BCUT2D eigenvalue weighted by Gasteiger charge is -2.30. The van der Waals surface area contributed by atoms with Crippen LogP contribution in [0.4, 0.5) is 0 Å². The zero-order valence-electron chi connectivity index (χ0n) is 12.4. The topological polar surface area (TPSA) is 26.7 Å². The lowest BCUT2D eigenvalue weighted by Crippen LogP contribution is -2.40. The number of rotatable bonds is 2. The van der Waals surface area contributed by atoms with Crippen LogP contribution in [0.2, 0.25) is 0 Å². The molecule has 0 aromatic carbocycles. The second-order valence-electron chi connectivity index (χ2n) is 7.06. The molecule has 0 spiro atoms. The van der Waals surface area contributed by atoms with Crippen LogP contribution in [-0.2, 0) is 0 Å². The standard InChI is InChI=1S/C16H30N2O/c1-17-14-7-8-15(17)12-18(10-9-14)11-13-5-3-2-4-6-16(13)19/h13-16,19H,2-12H2,1H3. The number of aliphatic hydroxyl groups is 1. The van der Waals surface area contributed by atoms with Gasteiger partial charge in [-0.3, -0.25) is 4.90 Å². The van der Waals surface area contributed by atoms with Crippen LogP contribution in [0.15, 0.2) is 0 Å². The van der Waals surface area contributed by atoms with E-state index in [1.165, 1.54) is 58.0 Å². The van der Waals surface area contributed by atoms with Crippen molar-refractivity contribution in [3.05, 3.63) is 0 Å². The van der Waals surface area contributed by atoms with Crippen LogP contribution in [0.3, 0.4) is 0 Å². The predicted molar refractivity (Wildman–Crippen MR) is 78.2 cm³/mol. The van der Waals surface area contributed by atoms with Gasteiger partial charge >= 0.3 is 0 Å². The van der Waals surface area contributed by atoms with Crippen molar-refractivity contribution < 1.29 is 5.11 Å². The maximum Gasteiger partial charge on any atom is 0.0580 e. The van der Waals surface area contributed by atoms with Crippen molar-refractivity contribution in [3.63, 3.8) is 0 Å². The summed E-state index contributed by atoms with van der Waals surface area (Å²) in [5, 5.41) is 10.3. The molecule has 4 unspecified atom stereocenters. The summed E-state index contributed by atoms with van der Waals surface area (Å²) in [6.45, 7) is 3.61. The molecular weight excluding hydrogens is 236 g/mol. The Hall–Kier alpha value is -0.120. The maximum absolute atomic E-state index is 10.3. The molecular formula is C16H30N2O. The summed E-state index contributed by atoms with van der Waals surface area (Å²) in [6, 6.07) is 1.60. The highest BCUT2D eigenvalue weighted by molar-refractivity contribution is 4.91. The first kappa shape index (κ1) is 13.8. The third kappa shape index (κ3) is 3.14. The summed E-state index contributed by atoms with van der Waals surface area (Å²) < 4.78 is 0. The number of fused-ring (bicyclic) bond motifs is 2. The monoisotopic (exact) mass is 266 g/mol. The molecule has 19 heavy (non-hydrogen) atoms. The fraction of sp³-hybridized carbons (Fsp3) is 1.00. The molecule has 0 aromatic heterocycles. The van der Waals surface area contributed by atoms with Crippen LogP contribution in [0.5, 0.6) is 0 Å². The second-order valence-corrected chi connectivity index (χ2v) is 7.06. The van der Waals surface area contributed by atoms with Gasteiger partial charge in [0.05, 0.1) is 6.10 Å². The van der Waals surface area contributed by atoms with E-state index in [1.807, 2.05) is 0 Å². The Morgan fingerprint density at radius 2 is 1.74 bits per heavy atom. The molecule has 1 aliphatic carbocycles. The smallest absolute Gasteiger partial charge is 0.0580 e. The maximum atomic E-state index is 10.3. The highest BCUT2D eigenvalue weighted by Crippen LogP contribution is 2.30. The molecule has 1 N–H and O–H groups in total. The molecule has 0 radical (unpaired) electrons. The lowest BCUT2D eigenvalue weighted by atomic mass is 9.96. The van der Waals surface area contributed by atoms with Gasteiger partial charge in [0.25, 0.3) is 0 Å². The Kier molecular flexibility index (Phi) is 4.45. The Bertz CT molecular complexity index is 296. The van der Waals surface area contributed by atoms with E-state index in [0.717, 1.165) is 25.0 Å². The lowest BCUT2D eigenvalue weighted by molar-refractivity contribution is 0.0708. The van der Waals surface area contributed by atoms with Crippen molar-refractivity contribution >= 4 is 0 Å². The zero-order valence-corrected chi connectivity index (χ0v) is 12.4. The van der Waals surface area contributed by atoms with E-state index in [0.29, 0.717) is 5.92 Å². The van der Waals surface area contributed by atoms with Gasteiger partial charge in [-0.1, -0.05) is 19.3 Å². The van der Waals surface area contributed by atoms with E-state index >= 15 is 0 Å². The van der Waals surface area contributed by atoms with Crippen molar-refractivity contribution in [2.75, 3.05) is 26.7 Å². The van der Waals surface area contributed by atoms with Gasteiger partial charge in [0.2, 0.25) is 0 Å². The van der Waals surface area contributed by atoms with Crippen molar-refractivity contribution in [3.8, 4) is 0 Å². The van der Waals surface area contributed by atoms with Gasteiger partial charge in [0.15, 0.2) is 0 Å². The SMILES string of the molecule is CN1C2CCC1CN(CC1CCCCCC1O)CC2. The second kappa shape index (κ2) is 6.11. The third-order valence-corrected chi connectivity index (χ3v) is 5.84. The molecule has 0 aromatic rings. The molecule has 4 atom stereocenters. The Morgan fingerprint density at radius 3 is 2.63 bits per heavy atom. The minimum absolute atomic E-state index is 0.0410. The summed E-state index contributed by atoms with van der Waals surface area (Å²) in [5.74, 6) is 0.532.